The van der Waals surface area contributed by atoms with Crippen LogP contribution >= 0.6 is 0 Å². The zero-order valence-electron chi connectivity index (χ0n) is 9.64. The van der Waals surface area contributed by atoms with Gasteiger partial charge in [-0.2, -0.15) is 0 Å². The SMILES string of the molecule is CC(C)(C(=O)O)c1ncc(-c2ccncc2)[nH]1. The van der Waals surface area contributed by atoms with Crippen molar-refractivity contribution in [3.05, 3.63) is 36.5 Å². The fraction of sp³-hybridized carbons (Fsp3) is 0.250. The number of rotatable bonds is 3. The Morgan fingerprint density at radius 2 is 2.00 bits per heavy atom. The second-order valence-electron chi connectivity index (χ2n) is 4.31. The molecular weight excluding hydrogens is 218 g/mol. The minimum Gasteiger partial charge on any atom is -0.481 e. The van der Waals surface area contributed by atoms with Crippen LogP contribution in [-0.4, -0.2) is 26.0 Å². The molecule has 0 bridgehead atoms. The van der Waals surface area contributed by atoms with Gasteiger partial charge in [-0.05, 0) is 26.0 Å². The molecule has 2 N–H and O–H groups in total. The van der Waals surface area contributed by atoms with Gasteiger partial charge < -0.3 is 10.1 Å². The van der Waals surface area contributed by atoms with Crippen molar-refractivity contribution in [2.24, 2.45) is 0 Å². The summed E-state index contributed by atoms with van der Waals surface area (Å²) in [6.07, 6.45) is 4.99. The van der Waals surface area contributed by atoms with Crippen LogP contribution in [0.5, 0.6) is 0 Å². The van der Waals surface area contributed by atoms with Crippen molar-refractivity contribution < 1.29 is 9.90 Å². The summed E-state index contributed by atoms with van der Waals surface area (Å²) in [6.45, 7) is 3.23. The first-order valence-electron chi connectivity index (χ1n) is 5.21. The van der Waals surface area contributed by atoms with Gasteiger partial charge in [-0.3, -0.25) is 9.78 Å². The van der Waals surface area contributed by atoms with Gasteiger partial charge in [-0.25, -0.2) is 4.98 Å². The number of hydrogen-bond acceptors (Lipinski definition) is 3. The summed E-state index contributed by atoms with van der Waals surface area (Å²) in [6, 6.07) is 3.68. The number of aromatic nitrogens is 3. The van der Waals surface area contributed by atoms with Crippen molar-refractivity contribution in [3.8, 4) is 11.3 Å². The maximum Gasteiger partial charge on any atom is 0.316 e. The van der Waals surface area contributed by atoms with Crippen LogP contribution in [0.25, 0.3) is 11.3 Å². The summed E-state index contributed by atoms with van der Waals surface area (Å²) in [4.78, 5) is 22.2. The molecule has 0 fully saturated rings. The summed E-state index contributed by atoms with van der Waals surface area (Å²) < 4.78 is 0. The summed E-state index contributed by atoms with van der Waals surface area (Å²) in [5, 5.41) is 9.10. The predicted molar refractivity (Wildman–Crippen MR) is 62.5 cm³/mol. The fourth-order valence-electron chi connectivity index (χ4n) is 1.42. The van der Waals surface area contributed by atoms with E-state index in [4.69, 9.17) is 5.11 Å². The van der Waals surface area contributed by atoms with E-state index < -0.39 is 11.4 Å². The van der Waals surface area contributed by atoms with Crippen molar-refractivity contribution in [1.29, 1.82) is 0 Å². The van der Waals surface area contributed by atoms with E-state index in [2.05, 4.69) is 15.0 Å². The quantitative estimate of drug-likeness (QED) is 0.844. The Balaban J connectivity index is 2.38. The lowest BCUT2D eigenvalue weighted by molar-refractivity contribution is -0.142. The highest BCUT2D eigenvalue weighted by Crippen LogP contribution is 2.23. The van der Waals surface area contributed by atoms with Gasteiger partial charge >= 0.3 is 5.97 Å². The highest BCUT2D eigenvalue weighted by molar-refractivity contribution is 5.79. The van der Waals surface area contributed by atoms with E-state index in [0.29, 0.717) is 5.82 Å². The lowest BCUT2D eigenvalue weighted by atomic mass is 9.93. The number of pyridine rings is 1. The number of carbonyl (C=O) groups is 1. The van der Waals surface area contributed by atoms with Crippen LogP contribution in [0.3, 0.4) is 0 Å². The zero-order chi connectivity index (χ0) is 12.5. The molecule has 0 radical (unpaired) electrons. The minimum absolute atomic E-state index is 0.441. The Kier molecular flexibility index (Phi) is 2.67. The van der Waals surface area contributed by atoms with Gasteiger partial charge in [-0.1, -0.05) is 0 Å². The Hall–Kier alpha value is -2.17. The number of hydrogen-bond donors (Lipinski definition) is 2. The summed E-state index contributed by atoms with van der Waals surface area (Å²) in [5.74, 6) is -0.468. The molecule has 0 atom stereocenters. The molecular formula is C12H13N3O2. The monoisotopic (exact) mass is 231 g/mol. The number of imidazole rings is 1. The maximum absolute atomic E-state index is 11.1. The van der Waals surface area contributed by atoms with Crippen molar-refractivity contribution in [2.45, 2.75) is 19.3 Å². The summed E-state index contributed by atoms with van der Waals surface area (Å²) in [5.41, 5.74) is 0.697. The third kappa shape index (κ3) is 2.04. The van der Waals surface area contributed by atoms with E-state index in [-0.39, 0.29) is 0 Å². The molecule has 88 valence electrons. The van der Waals surface area contributed by atoms with E-state index in [9.17, 15) is 4.79 Å². The maximum atomic E-state index is 11.1. The average Bonchev–Trinajstić information content (AvgIpc) is 2.80. The van der Waals surface area contributed by atoms with Gasteiger partial charge in [-0.15, -0.1) is 0 Å². The minimum atomic E-state index is -1.02. The highest BCUT2D eigenvalue weighted by Gasteiger charge is 2.32. The van der Waals surface area contributed by atoms with E-state index in [0.717, 1.165) is 11.3 Å². The summed E-state index contributed by atoms with van der Waals surface area (Å²) in [7, 11) is 0. The van der Waals surface area contributed by atoms with Crippen LogP contribution in [0, 0.1) is 0 Å². The predicted octanol–water partition coefficient (Wildman–Crippen LogP) is 1.83. The molecule has 0 amide bonds. The van der Waals surface area contributed by atoms with Crippen molar-refractivity contribution in [1.82, 2.24) is 15.0 Å². The van der Waals surface area contributed by atoms with Gasteiger partial charge in [0, 0.05) is 18.0 Å². The number of carboxylic acids is 1. The van der Waals surface area contributed by atoms with Crippen LogP contribution in [0.15, 0.2) is 30.7 Å². The van der Waals surface area contributed by atoms with Crippen LogP contribution < -0.4 is 0 Å². The molecule has 0 unspecified atom stereocenters. The van der Waals surface area contributed by atoms with Gasteiger partial charge in [0.1, 0.15) is 11.2 Å². The van der Waals surface area contributed by atoms with Gasteiger partial charge in [0.15, 0.2) is 0 Å². The first kappa shape index (κ1) is 11.3. The molecule has 0 aromatic carbocycles. The lowest BCUT2D eigenvalue weighted by Gasteiger charge is -2.15. The normalized spacial score (nSPS) is 11.4. The summed E-state index contributed by atoms with van der Waals surface area (Å²) >= 11 is 0. The van der Waals surface area contributed by atoms with Gasteiger partial charge in [0.05, 0.1) is 11.9 Å². The Bertz CT molecular complexity index is 532. The number of nitrogens with zero attached hydrogens (tertiary/aromatic N) is 2. The average molecular weight is 231 g/mol. The molecule has 2 rings (SSSR count). The van der Waals surface area contributed by atoms with Gasteiger partial charge in [0.2, 0.25) is 0 Å². The van der Waals surface area contributed by atoms with Gasteiger partial charge in [0.25, 0.3) is 0 Å². The molecule has 5 heteroatoms. The van der Waals surface area contributed by atoms with Crippen LogP contribution in [0.4, 0.5) is 0 Å². The first-order valence-corrected chi connectivity index (χ1v) is 5.21. The number of nitrogens with one attached hydrogen (secondary N) is 1. The second-order valence-corrected chi connectivity index (χ2v) is 4.31. The molecule has 2 aromatic heterocycles. The molecule has 2 aromatic rings. The number of carboxylic acid groups (broad SMARTS) is 1. The number of aromatic amines is 1. The molecule has 0 aliphatic carbocycles. The molecule has 0 aliphatic heterocycles. The molecule has 0 aliphatic rings. The molecule has 2 heterocycles. The molecule has 0 spiro atoms. The second kappa shape index (κ2) is 4.01. The third-order valence-corrected chi connectivity index (χ3v) is 2.69. The number of H-pyrrole nitrogens is 1. The van der Waals surface area contributed by atoms with E-state index in [1.54, 1.807) is 32.4 Å². The van der Waals surface area contributed by atoms with E-state index >= 15 is 0 Å². The Morgan fingerprint density at radius 3 is 2.59 bits per heavy atom. The largest absolute Gasteiger partial charge is 0.481 e. The topological polar surface area (TPSA) is 78.9 Å². The smallest absolute Gasteiger partial charge is 0.316 e. The number of aliphatic carboxylic acids is 1. The van der Waals surface area contributed by atoms with Crippen LogP contribution in [0.2, 0.25) is 0 Å². The highest BCUT2D eigenvalue weighted by atomic mass is 16.4. The van der Waals surface area contributed by atoms with Crippen LogP contribution in [0.1, 0.15) is 19.7 Å². The third-order valence-electron chi connectivity index (χ3n) is 2.69. The fourth-order valence-corrected chi connectivity index (χ4v) is 1.42. The lowest BCUT2D eigenvalue weighted by Crippen LogP contribution is -2.29. The van der Waals surface area contributed by atoms with Crippen molar-refractivity contribution >= 4 is 5.97 Å². The standard InChI is InChI=1S/C12H13N3O2/c1-12(2,11(16)17)10-14-7-9(15-10)8-3-5-13-6-4-8/h3-7H,1-2H3,(H,14,15)(H,16,17). The van der Waals surface area contributed by atoms with E-state index in [1.807, 2.05) is 12.1 Å². The first-order chi connectivity index (χ1) is 8.01. The molecule has 0 saturated carbocycles. The Labute approximate surface area is 98.6 Å². The molecule has 0 saturated heterocycles. The molecule has 5 nitrogen and oxygen atoms in total. The molecule has 17 heavy (non-hydrogen) atoms. The van der Waals surface area contributed by atoms with E-state index in [1.165, 1.54) is 0 Å². The van der Waals surface area contributed by atoms with Crippen molar-refractivity contribution in [2.75, 3.05) is 0 Å². The van der Waals surface area contributed by atoms with Crippen molar-refractivity contribution in [3.63, 3.8) is 0 Å². The van der Waals surface area contributed by atoms with Crippen LogP contribution in [-0.2, 0) is 10.2 Å². The zero-order valence-corrected chi connectivity index (χ0v) is 9.64. The Morgan fingerprint density at radius 1 is 1.35 bits per heavy atom.